The van der Waals surface area contributed by atoms with Crippen LogP contribution in [-0.2, 0) is 16.0 Å². The van der Waals surface area contributed by atoms with E-state index in [1.54, 1.807) is 26.8 Å². The fourth-order valence-electron chi connectivity index (χ4n) is 2.71. The number of benzene rings is 1. The molecule has 7 nitrogen and oxygen atoms in total. The molecule has 25 heavy (non-hydrogen) atoms. The number of phenolic OH excluding ortho intramolecular Hbond substituents is 1. The number of nitrogens with one attached hydrogen (secondary N) is 1. The van der Waals surface area contributed by atoms with Crippen molar-refractivity contribution in [3.63, 3.8) is 0 Å². The summed E-state index contributed by atoms with van der Waals surface area (Å²) in [5.74, 6) is -1.48. The second-order valence-corrected chi connectivity index (χ2v) is 5.95. The summed E-state index contributed by atoms with van der Waals surface area (Å²) in [5, 5.41) is 21.8. The summed E-state index contributed by atoms with van der Waals surface area (Å²) >= 11 is 0. The average molecular weight is 347 g/mol. The zero-order valence-electron chi connectivity index (χ0n) is 14.4. The molecule has 0 spiro atoms. The SMILES string of the molecule is CCC(NC(=O)CCc1c(C)c2ccc(O)c(C)c2oc1=O)C(=O)O. The minimum absolute atomic E-state index is 0.0159. The normalized spacial score (nSPS) is 12.1. The maximum absolute atomic E-state index is 12.2. The molecule has 0 fully saturated rings. The lowest BCUT2D eigenvalue weighted by molar-refractivity contribution is -0.141. The van der Waals surface area contributed by atoms with Crippen LogP contribution in [0.3, 0.4) is 0 Å². The van der Waals surface area contributed by atoms with Gasteiger partial charge in [0.05, 0.1) is 0 Å². The highest BCUT2D eigenvalue weighted by Gasteiger charge is 2.19. The third-order valence-electron chi connectivity index (χ3n) is 4.32. The minimum atomic E-state index is -1.09. The molecule has 1 heterocycles. The van der Waals surface area contributed by atoms with E-state index in [4.69, 9.17) is 9.52 Å². The Balaban J connectivity index is 2.25. The maximum atomic E-state index is 12.2. The van der Waals surface area contributed by atoms with Gasteiger partial charge in [-0.25, -0.2) is 9.59 Å². The highest BCUT2D eigenvalue weighted by atomic mass is 16.4. The summed E-state index contributed by atoms with van der Waals surface area (Å²) in [6.45, 7) is 5.08. The molecule has 0 bridgehead atoms. The summed E-state index contributed by atoms with van der Waals surface area (Å²) in [4.78, 5) is 35.1. The van der Waals surface area contributed by atoms with Crippen LogP contribution in [0.1, 0.15) is 36.5 Å². The first-order valence-electron chi connectivity index (χ1n) is 8.03. The molecular weight excluding hydrogens is 326 g/mol. The van der Waals surface area contributed by atoms with Crippen LogP contribution in [0.2, 0.25) is 0 Å². The molecule has 1 unspecified atom stereocenters. The second-order valence-electron chi connectivity index (χ2n) is 5.95. The number of carboxylic acids is 1. The number of carbonyl (C=O) groups excluding carboxylic acids is 1. The molecule has 134 valence electrons. The first-order valence-corrected chi connectivity index (χ1v) is 8.03. The van der Waals surface area contributed by atoms with Gasteiger partial charge >= 0.3 is 11.6 Å². The number of fused-ring (bicyclic) bond motifs is 1. The molecule has 1 amide bonds. The zero-order chi connectivity index (χ0) is 18.7. The van der Waals surface area contributed by atoms with Gasteiger partial charge in [-0.3, -0.25) is 4.79 Å². The smallest absolute Gasteiger partial charge is 0.339 e. The molecule has 0 aliphatic heterocycles. The molecule has 1 aromatic carbocycles. The van der Waals surface area contributed by atoms with Crippen molar-refractivity contribution in [1.82, 2.24) is 5.32 Å². The first kappa shape index (κ1) is 18.5. The van der Waals surface area contributed by atoms with Crippen molar-refractivity contribution in [1.29, 1.82) is 0 Å². The lowest BCUT2D eigenvalue weighted by Crippen LogP contribution is -2.40. The molecule has 7 heteroatoms. The van der Waals surface area contributed by atoms with Crippen LogP contribution in [0.25, 0.3) is 11.0 Å². The van der Waals surface area contributed by atoms with Crippen LogP contribution in [0.5, 0.6) is 5.75 Å². The van der Waals surface area contributed by atoms with Crippen LogP contribution in [0.4, 0.5) is 0 Å². The van der Waals surface area contributed by atoms with Crippen molar-refractivity contribution < 1.29 is 24.2 Å². The number of amides is 1. The standard InChI is InChI=1S/C18H21NO6/c1-4-13(17(22)23)19-15(21)8-6-12-9(2)11-5-7-14(20)10(3)16(11)25-18(12)24/h5,7,13,20H,4,6,8H2,1-3H3,(H,19,21)(H,22,23). The van der Waals surface area contributed by atoms with Gasteiger partial charge in [0.2, 0.25) is 5.91 Å². The third kappa shape index (κ3) is 3.81. The molecule has 1 atom stereocenters. The number of aryl methyl sites for hydroxylation is 2. The Morgan fingerprint density at radius 2 is 1.92 bits per heavy atom. The molecule has 0 aliphatic carbocycles. The first-order chi connectivity index (χ1) is 11.8. The fourth-order valence-corrected chi connectivity index (χ4v) is 2.71. The predicted molar refractivity (Wildman–Crippen MR) is 91.8 cm³/mol. The predicted octanol–water partition coefficient (Wildman–Crippen LogP) is 2.03. The number of hydrogen-bond acceptors (Lipinski definition) is 5. The van der Waals surface area contributed by atoms with Gasteiger partial charge in [-0.2, -0.15) is 0 Å². The molecule has 2 aromatic rings. The molecule has 1 aromatic heterocycles. The lowest BCUT2D eigenvalue weighted by atomic mass is 10.00. The second kappa shape index (κ2) is 7.38. The summed E-state index contributed by atoms with van der Waals surface area (Å²) in [7, 11) is 0. The van der Waals surface area contributed by atoms with E-state index in [1.165, 1.54) is 6.07 Å². The largest absolute Gasteiger partial charge is 0.508 e. The number of carbonyl (C=O) groups is 2. The van der Waals surface area contributed by atoms with Crippen molar-refractivity contribution >= 4 is 22.8 Å². The number of hydrogen-bond donors (Lipinski definition) is 3. The molecular formula is C18H21NO6. The van der Waals surface area contributed by atoms with Crippen LogP contribution in [-0.4, -0.2) is 28.1 Å². The summed E-state index contributed by atoms with van der Waals surface area (Å²) < 4.78 is 5.32. The van der Waals surface area contributed by atoms with Crippen LogP contribution in [0, 0.1) is 13.8 Å². The number of aromatic hydroxyl groups is 1. The Kier molecular flexibility index (Phi) is 5.46. The van der Waals surface area contributed by atoms with E-state index in [0.29, 0.717) is 27.7 Å². The van der Waals surface area contributed by atoms with Crippen molar-refractivity contribution in [3.8, 4) is 5.75 Å². The van der Waals surface area contributed by atoms with Crippen LogP contribution in [0.15, 0.2) is 21.3 Å². The average Bonchev–Trinajstić information content (AvgIpc) is 2.56. The van der Waals surface area contributed by atoms with E-state index in [2.05, 4.69) is 5.32 Å². The van der Waals surface area contributed by atoms with Gasteiger partial charge in [-0.05, 0) is 44.4 Å². The number of rotatable bonds is 6. The Bertz CT molecular complexity index is 883. The van der Waals surface area contributed by atoms with Gasteiger partial charge in [0.25, 0.3) is 0 Å². The van der Waals surface area contributed by atoms with E-state index < -0.39 is 23.5 Å². The van der Waals surface area contributed by atoms with Gasteiger partial charge in [-0.1, -0.05) is 6.92 Å². The van der Waals surface area contributed by atoms with E-state index in [-0.39, 0.29) is 25.0 Å². The maximum Gasteiger partial charge on any atom is 0.339 e. The zero-order valence-corrected chi connectivity index (χ0v) is 14.4. The van der Waals surface area contributed by atoms with E-state index in [1.807, 2.05) is 0 Å². The highest BCUT2D eigenvalue weighted by molar-refractivity contribution is 5.86. The van der Waals surface area contributed by atoms with Crippen molar-refractivity contribution in [3.05, 3.63) is 39.2 Å². The summed E-state index contributed by atoms with van der Waals surface area (Å²) in [5.41, 5.74) is 1.31. The Morgan fingerprint density at radius 1 is 1.24 bits per heavy atom. The molecule has 0 saturated heterocycles. The molecule has 0 saturated carbocycles. The number of carboxylic acid groups (broad SMARTS) is 1. The van der Waals surface area contributed by atoms with Crippen molar-refractivity contribution in [2.75, 3.05) is 0 Å². The quantitative estimate of drug-likeness (QED) is 0.688. The minimum Gasteiger partial charge on any atom is -0.508 e. The highest BCUT2D eigenvalue weighted by Crippen LogP contribution is 2.28. The molecule has 0 radical (unpaired) electrons. The fraction of sp³-hybridized carbons (Fsp3) is 0.389. The van der Waals surface area contributed by atoms with Crippen molar-refractivity contribution in [2.24, 2.45) is 0 Å². The van der Waals surface area contributed by atoms with Crippen molar-refractivity contribution in [2.45, 2.75) is 46.1 Å². The van der Waals surface area contributed by atoms with E-state index in [9.17, 15) is 19.5 Å². The lowest BCUT2D eigenvalue weighted by Gasteiger charge is -2.13. The van der Waals surface area contributed by atoms with E-state index >= 15 is 0 Å². The topological polar surface area (TPSA) is 117 Å². The van der Waals surface area contributed by atoms with E-state index in [0.717, 1.165) is 0 Å². The molecule has 3 N–H and O–H groups in total. The van der Waals surface area contributed by atoms with Gasteiger partial charge in [0.15, 0.2) is 0 Å². The van der Waals surface area contributed by atoms with Gasteiger partial charge in [-0.15, -0.1) is 0 Å². The summed E-state index contributed by atoms with van der Waals surface area (Å²) in [6.07, 6.45) is 0.408. The molecule has 0 aliphatic rings. The Morgan fingerprint density at radius 3 is 2.52 bits per heavy atom. The summed E-state index contributed by atoms with van der Waals surface area (Å²) in [6, 6.07) is 2.25. The Hall–Kier alpha value is -2.83. The number of aliphatic carboxylic acids is 1. The van der Waals surface area contributed by atoms with Crippen LogP contribution < -0.4 is 10.9 Å². The monoisotopic (exact) mass is 347 g/mol. The Labute approximate surface area is 144 Å². The van der Waals surface area contributed by atoms with Gasteiger partial charge < -0.3 is 19.9 Å². The van der Waals surface area contributed by atoms with Crippen LogP contribution >= 0.6 is 0 Å². The molecule has 2 rings (SSSR count). The van der Waals surface area contributed by atoms with Gasteiger partial charge in [0, 0.05) is 22.9 Å². The third-order valence-corrected chi connectivity index (χ3v) is 4.32. The number of phenols is 1. The van der Waals surface area contributed by atoms with Gasteiger partial charge in [0.1, 0.15) is 17.4 Å².